The predicted molar refractivity (Wildman–Crippen MR) is 113 cm³/mol. The minimum Gasteiger partial charge on any atom is -0.343 e. The average molecular weight is 421 g/mol. The Hall–Kier alpha value is -1.74. The monoisotopic (exact) mass is 420 g/mol. The molecule has 0 spiro atoms. The van der Waals surface area contributed by atoms with E-state index in [1.54, 1.807) is 0 Å². The third kappa shape index (κ3) is 5.06. The SMILES string of the molecule is Cc1nsc(N2CCN(C(=O)CCC[C@@H]3CN[C@H](C(=O)N4CCCC4)C3)CC2)n1. The van der Waals surface area contributed by atoms with Crippen LogP contribution in [-0.4, -0.2) is 82.8 Å². The maximum Gasteiger partial charge on any atom is 0.239 e. The van der Waals surface area contributed by atoms with Crippen molar-refractivity contribution in [3.05, 3.63) is 5.82 Å². The molecule has 1 aromatic rings. The first kappa shape index (κ1) is 20.5. The minimum atomic E-state index is -0.00846. The van der Waals surface area contributed by atoms with Crippen molar-refractivity contribution in [2.24, 2.45) is 5.92 Å². The van der Waals surface area contributed by atoms with Crippen molar-refractivity contribution >= 4 is 28.5 Å². The predicted octanol–water partition coefficient (Wildman–Crippen LogP) is 1.27. The summed E-state index contributed by atoms with van der Waals surface area (Å²) in [5.41, 5.74) is 0. The molecule has 3 aliphatic heterocycles. The lowest BCUT2D eigenvalue weighted by Gasteiger charge is -2.34. The van der Waals surface area contributed by atoms with Gasteiger partial charge in [-0.2, -0.15) is 4.37 Å². The van der Waals surface area contributed by atoms with E-state index in [0.717, 1.165) is 88.9 Å². The van der Waals surface area contributed by atoms with E-state index in [1.807, 2.05) is 16.7 Å². The van der Waals surface area contributed by atoms with Crippen LogP contribution in [0.5, 0.6) is 0 Å². The van der Waals surface area contributed by atoms with Gasteiger partial charge < -0.3 is 20.0 Å². The maximum atomic E-state index is 12.6. The molecular formula is C20H32N6O2S. The molecule has 9 heteroatoms. The lowest BCUT2D eigenvalue weighted by Crippen LogP contribution is -2.48. The topological polar surface area (TPSA) is 81.7 Å². The summed E-state index contributed by atoms with van der Waals surface area (Å²) in [5, 5.41) is 4.36. The van der Waals surface area contributed by atoms with Crippen molar-refractivity contribution in [3.8, 4) is 0 Å². The van der Waals surface area contributed by atoms with Gasteiger partial charge in [0.2, 0.25) is 16.9 Å². The summed E-state index contributed by atoms with van der Waals surface area (Å²) in [6.45, 7) is 7.82. The van der Waals surface area contributed by atoms with Gasteiger partial charge in [0.25, 0.3) is 0 Å². The molecule has 29 heavy (non-hydrogen) atoms. The van der Waals surface area contributed by atoms with Gasteiger partial charge in [-0.25, -0.2) is 4.98 Å². The zero-order chi connectivity index (χ0) is 20.2. The van der Waals surface area contributed by atoms with Gasteiger partial charge in [0.15, 0.2) is 0 Å². The highest BCUT2D eigenvalue weighted by atomic mass is 32.1. The highest BCUT2D eigenvalue weighted by molar-refractivity contribution is 7.09. The number of anilines is 1. The molecule has 0 radical (unpaired) electrons. The lowest BCUT2D eigenvalue weighted by atomic mass is 9.98. The number of nitrogens with one attached hydrogen (secondary N) is 1. The van der Waals surface area contributed by atoms with Crippen LogP contribution in [0.3, 0.4) is 0 Å². The van der Waals surface area contributed by atoms with Crippen molar-refractivity contribution in [3.63, 3.8) is 0 Å². The minimum absolute atomic E-state index is 0.00846. The van der Waals surface area contributed by atoms with Gasteiger partial charge in [0.1, 0.15) is 5.82 Å². The molecule has 4 heterocycles. The number of piperazine rings is 1. The second kappa shape index (κ2) is 9.38. The van der Waals surface area contributed by atoms with Crippen molar-refractivity contribution in [2.75, 3.05) is 50.7 Å². The summed E-state index contributed by atoms with van der Waals surface area (Å²) < 4.78 is 4.24. The highest BCUT2D eigenvalue weighted by Crippen LogP contribution is 2.23. The summed E-state index contributed by atoms with van der Waals surface area (Å²) in [4.78, 5) is 35.7. The molecule has 3 aliphatic rings. The Kier molecular flexibility index (Phi) is 6.64. The van der Waals surface area contributed by atoms with E-state index >= 15 is 0 Å². The van der Waals surface area contributed by atoms with Crippen LogP contribution in [-0.2, 0) is 9.59 Å². The Labute approximate surface area is 176 Å². The zero-order valence-corrected chi connectivity index (χ0v) is 18.1. The molecule has 0 bridgehead atoms. The molecule has 1 N–H and O–H groups in total. The summed E-state index contributed by atoms with van der Waals surface area (Å²) in [6, 6.07) is -0.00846. The molecule has 3 fully saturated rings. The maximum absolute atomic E-state index is 12.6. The van der Waals surface area contributed by atoms with Gasteiger partial charge in [-0.3, -0.25) is 9.59 Å². The number of aryl methyl sites for hydroxylation is 1. The summed E-state index contributed by atoms with van der Waals surface area (Å²) in [6.07, 6.45) is 5.73. The Morgan fingerprint density at radius 1 is 1.10 bits per heavy atom. The number of likely N-dealkylation sites (tertiary alicyclic amines) is 1. The third-order valence-electron chi connectivity index (χ3n) is 6.36. The number of carbonyl (C=O) groups excluding carboxylic acids is 2. The fraction of sp³-hybridized carbons (Fsp3) is 0.800. The third-order valence-corrected chi connectivity index (χ3v) is 7.23. The van der Waals surface area contributed by atoms with Crippen molar-refractivity contribution in [1.29, 1.82) is 0 Å². The first-order valence-electron chi connectivity index (χ1n) is 11.0. The van der Waals surface area contributed by atoms with E-state index in [1.165, 1.54) is 11.5 Å². The van der Waals surface area contributed by atoms with Gasteiger partial charge in [0, 0.05) is 57.2 Å². The Morgan fingerprint density at radius 2 is 1.86 bits per heavy atom. The van der Waals surface area contributed by atoms with Crippen molar-refractivity contribution in [2.45, 2.75) is 51.5 Å². The first-order chi connectivity index (χ1) is 14.1. The zero-order valence-electron chi connectivity index (χ0n) is 17.3. The Balaban J connectivity index is 1.13. The first-order valence-corrected chi connectivity index (χ1v) is 11.7. The summed E-state index contributed by atoms with van der Waals surface area (Å²) in [7, 11) is 0. The van der Waals surface area contributed by atoms with E-state index in [0.29, 0.717) is 12.3 Å². The van der Waals surface area contributed by atoms with E-state index < -0.39 is 0 Å². The number of rotatable bonds is 6. The quantitative estimate of drug-likeness (QED) is 0.746. The number of hydrogen-bond donors (Lipinski definition) is 1. The summed E-state index contributed by atoms with van der Waals surface area (Å²) >= 11 is 1.43. The molecule has 0 aromatic carbocycles. The molecule has 2 amide bonds. The second-order valence-electron chi connectivity index (χ2n) is 8.48. The second-order valence-corrected chi connectivity index (χ2v) is 9.21. The molecule has 3 saturated heterocycles. The molecule has 8 nitrogen and oxygen atoms in total. The normalized spacial score (nSPS) is 25.1. The van der Waals surface area contributed by atoms with E-state index in [-0.39, 0.29) is 17.9 Å². The molecule has 0 unspecified atom stereocenters. The number of amides is 2. The molecule has 2 atom stereocenters. The molecule has 0 aliphatic carbocycles. The standard InChI is InChI=1S/C20H32N6O2S/c1-15-22-20(29-23-15)26-11-9-24(10-12-26)18(27)6-4-5-16-13-17(21-14-16)19(28)25-7-2-3-8-25/h16-17,21H,2-14H2,1H3/t16-,17-/m0/s1. The Bertz CT molecular complexity index is 712. The molecule has 1 aromatic heterocycles. The van der Waals surface area contributed by atoms with Gasteiger partial charge in [-0.1, -0.05) is 0 Å². The average Bonchev–Trinajstić information content (AvgIpc) is 3.49. The van der Waals surface area contributed by atoms with E-state index in [4.69, 9.17) is 0 Å². The molecule has 4 rings (SSSR count). The van der Waals surface area contributed by atoms with Crippen LogP contribution in [0.4, 0.5) is 5.13 Å². The van der Waals surface area contributed by atoms with Gasteiger partial charge in [0.05, 0.1) is 6.04 Å². The van der Waals surface area contributed by atoms with Gasteiger partial charge >= 0.3 is 0 Å². The fourth-order valence-corrected chi connectivity index (χ4v) is 5.36. The van der Waals surface area contributed by atoms with Crippen LogP contribution in [0, 0.1) is 12.8 Å². The number of hydrogen-bond acceptors (Lipinski definition) is 7. The Morgan fingerprint density at radius 3 is 2.55 bits per heavy atom. The molecule has 0 saturated carbocycles. The van der Waals surface area contributed by atoms with Crippen LogP contribution in [0.2, 0.25) is 0 Å². The van der Waals surface area contributed by atoms with Crippen LogP contribution >= 0.6 is 11.5 Å². The van der Waals surface area contributed by atoms with Crippen LogP contribution in [0.1, 0.15) is 44.3 Å². The number of carbonyl (C=O) groups is 2. The fourth-order valence-electron chi connectivity index (χ4n) is 4.64. The molecular weight excluding hydrogens is 388 g/mol. The number of aromatic nitrogens is 2. The van der Waals surface area contributed by atoms with Gasteiger partial charge in [-0.15, -0.1) is 0 Å². The van der Waals surface area contributed by atoms with E-state index in [9.17, 15) is 9.59 Å². The van der Waals surface area contributed by atoms with Gasteiger partial charge in [-0.05, 0) is 51.5 Å². The molecule has 160 valence electrons. The smallest absolute Gasteiger partial charge is 0.239 e. The number of nitrogens with zero attached hydrogens (tertiary/aromatic N) is 5. The van der Waals surface area contributed by atoms with E-state index in [2.05, 4.69) is 19.6 Å². The van der Waals surface area contributed by atoms with Crippen molar-refractivity contribution in [1.82, 2.24) is 24.5 Å². The van der Waals surface area contributed by atoms with Crippen molar-refractivity contribution < 1.29 is 9.59 Å². The van der Waals surface area contributed by atoms with Crippen LogP contribution < -0.4 is 10.2 Å². The summed E-state index contributed by atoms with van der Waals surface area (Å²) in [5.74, 6) is 1.87. The highest BCUT2D eigenvalue weighted by Gasteiger charge is 2.33. The van der Waals surface area contributed by atoms with Crippen LogP contribution in [0.15, 0.2) is 0 Å². The lowest BCUT2D eigenvalue weighted by molar-refractivity contribution is -0.132. The van der Waals surface area contributed by atoms with Crippen LogP contribution in [0.25, 0.3) is 0 Å². The largest absolute Gasteiger partial charge is 0.343 e.